The molecule has 5 nitrogen and oxygen atoms in total. The van der Waals surface area contributed by atoms with Crippen molar-refractivity contribution in [1.82, 2.24) is 10.3 Å². The summed E-state index contributed by atoms with van der Waals surface area (Å²) in [5, 5.41) is 8.06. The second-order valence-corrected chi connectivity index (χ2v) is 7.52. The Morgan fingerprint density at radius 2 is 1.75 bits per heavy atom. The largest absolute Gasteiger partial charge is 0.341 e. The molecular formula is C23H23N3O2. The number of carbonyl (C=O) groups excluding carboxylic acids is 2. The molecule has 142 valence electrons. The van der Waals surface area contributed by atoms with E-state index in [0.717, 1.165) is 22.0 Å². The minimum atomic E-state index is -0.780. The lowest BCUT2D eigenvalue weighted by molar-refractivity contribution is -0.129. The van der Waals surface area contributed by atoms with Crippen molar-refractivity contribution in [3.8, 4) is 0 Å². The van der Waals surface area contributed by atoms with E-state index in [1.807, 2.05) is 73.9 Å². The molecule has 1 heterocycles. The van der Waals surface area contributed by atoms with E-state index in [0.29, 0.717) is 19.3 Å². The highest BCUT2D eigenvalue weighted by Gasteiger charge is 2.51. The predicted molar refractivity (Wildman–Crippen MR) is 110 cm³/mol. The van der Waals surface area contributed by atoms with Crippen molar-refractivity contribution in [3.63, 3.8) is 0 Å². The van der Waals surface area contributed by atoms with Crippen LogP contribution in [0.2, 0.25) is 0 Å². The van der Waals surface area contributed by atoms with Crippen molar-refractivity contribution in [1.29, 1.82) is 0 Å². The van der Waals surface area contributed by atoms with E-state index in [1.165, 1.54) is 0 Å². The summed E-state index contributed by atoms with van der Waals surface area (Å²) in [6, 6.07) is 17.3. The summed E-state index contributed by atoms with van der Waals surface area (Å²) >= 11 is 0. The lowest BCUT2D eigenvalue weighted by atomic mass is 9.97. The average Bonchev–Trinajstić information content (AvgIpc) is 3.50. The summed E-state index contributed by atoms with van der Waals surface area (Å²) < 4.78 is 0. The number of fused-ring (bicyclic) bond motifs is 1. The smallest absolute Gasteiger partial charge is 0.250 e. The topological polar surface area (TPSA) is 71.1 Å². The molecule has 0 bridgehead atoms. The first-order valence-corrected chi connectivity index (χ1v) is 9.57. The van der Waals surface area contributed by atoms with Gasteiger partial charge in [-0.05, 0) is 42.3 Å². The van der Waals surface area contributed by atoms with Gasteiger partial charge in [-0.25, -0.2) is 0 Å². The van der Waals surface area contributed by atoms with Gasteiger partial charge in [0.2, 0.25) is 11.8 Å². The minimum Gasteiger partial charge on any atom is -0.341 e. The van der Waals surface area contributed by atoms with Gasteiger partial charge in [0.05, 0.1) is 0 Å². The Hall–Kier alpha value is -3.21. The van der Waals surface area contributed by atoms with E-state index in [2.05, 4.69) is 15.6 Å². The molecule has 1 atom stereocenters. The maximum atomic E-state index is 12.8. The Morgan fingerprint density at radius 3 is 2.50 bits per heavy atom. The van der Waals surface area contributed by atoms with Gasteiger partial charge in [-0.2, -0.15) is 0 Å². The number of nitrogens with one attached hydrogen (secondary N) is 2. The van der Waals surface area contributed by atoms with Gasteiger partial charge in [-0.1, -0.05) is 49.4 Å². The zero-order valence-corrected chi connectivity index (χ0v) is 15.8. The summed E-state index contributed by atoms with van der Waals surface area (Å²) in [6.07, 6.45) is 5.56. The molecule has 5 heteroatoms. The van der Waals surface area contributed by atoms with E-state index >= 15 is 0 Å². The molecule has 1 aliphatic carbocycles. The van der Waals surface area contributed by atoms with Crippen LogP contribution in [0.4, 0.5) is 5.69 Å². The molecule has 2 aromatic carbocycles. The van der Waals surface area contributed by atoms with Crippen molar-refractivity contribution < 1.29 is 9.59 Å². The third-order valence-electron chi connectivity index (χ3n) is 5.30. The Kier molecular flexibility index (Phi) is 4.82. The Labute approximate surface area is 164 Å². The van der Waals surface area contributed by atoms with Gasteiger partial charge in [0, 0.05) is 29.4 Å². The molecular weight excluding hydrogens is 350 g/mol. The molecule has 0 radical (unpaired) electrons. The molecule has 3 aromatic rings. The van der Waals surface area contributed by atoms with Crippen LogP contribution in [0.15, 0.2) is 67.0 Å². The van der Waals surface area contributed by atoms with E-state index in [-0.39, 0.29) is 17.7 Å². The molecule has 4 rings (SSSR count). The third kappa shape index (κ3) is 3.74. The fourth-order valence-electron chi connectivity index (χ4n) is 3.43. The number of hydrogen-bond acceptors (Lipinski definition) is 3. The van der Waals surface area contributed by atoms with Crippen LogP contribution in [0.1, 0.15) is 25.3 Å². The lowest BCUT2D eigenvalue weighted by Gasteiger charge is -2.20. The Morgan fingerprint density at radius 1 is 1.04 bits per heavy atom. The maximum Gasteiger partial charge on any atom is 0.250 e. The van der Waals surface area contributed by atoms with Crippen molar-refractivity contribution >= 4 is 28.3 Å². The summed E-state index contributed by atoms with van der Waals surface area (Å²) in [5.74, 6) is -0.505. The van der Waals surface area contributed by atoms with E-state index < -0.39 is 5.54 Å². The second-order valence-electron chi connectivity index (χ2n) is 7.52. The van der Waals surface area contributed by atoms with Crippen molar-refractivity contribution in [2.45, 2.75) is 31.7 Å². The summed E-state index contributed by atoms with van der Waals surface area (Å²) in [6.45, 7) is 1.89. The van der Waals surface area contributed by atoms with E-state index in [1.54, 1.807) is 0 Å². The molecule has 0 spiro atoms. The van der Waals surface area contributed by atoms with Crippen LogP contribution >= 0.6 is 0 Å². The number of rotatable bonds is 6. The average molecular weight is 373 g/mol. The number of aromatic nitrogens is 1. The van der Waals surface area contributed by atoms with Gasteiger partial charge >= 0.3 is 0 Å². The number of carbonyl (C=O) groups is 2. The number of amides is 2. The Balaban J connectivity index is 1.42. The number of benzene rings is 2. The number of hydrogen-bond donors (Lipinski definition) is 2. The zero-order valence-electron chi connectivity index (χ0n) is 15.8. The molecule has 1 aliphatic rings. The number of anilines is 1. The van der Waals surface area contributed by atoms with Gasteiger partial charge < -0.3 is 10.6 Å². The monoisotopic (exact) mass is 373 g/mol. The number of nitrogens with zero attached hydrogens (tertiary/aromatic N) is 1. The van der Waals surface area contributed by atoms with Crippen LogP contribution in [0, 0.1) is 5.92 Å². The van der Waals surface area contributed by atoms with Gasteiger partial charge in [0.1, 0.15) is 5.54 Å². The number of para-hydroxylation sites is 1. The first-order valence-electron chi connectivity index (χ1n) is 9.57. The zero-order chi connectivity index (χ0) is 19.6. The molecule has 0 saturated heterocycles. The molecule has 28 heavy (non-hydrogen) atoms. The standard InChI is InChI=1S/C23H23N3O2/c1-16(13-18-15-24-14-17-7-5-6-10-20(17)18)21(27)26-23(11-12-23)22(28)25-19-8-3-2-4-9-19/h2-10,14-16H,11-13H2,1H3,(H,25,28)(H,26,27). The minimum absolute atomic E-state index is 0.103. The molecule has 2 amide bonds. The van der Waals surface area contributed by atoms with Gasteiger partial charge in [0.15, 0.2) is 0 Å². The van der Waals surface area contributed by atoms with Gasteiger partial charge in [-0.3, -0.25) is 14.6 Å². The second kappa shape index (κ2) is 7.43. The van der Waals surface area contributed by atoms with Crippen LogP contribution in [-0.4, -0.2) is 22.3 Å². The highest BCUT2D eigenvalue weighted by molar-refractivity contribution is 6.03. The van der Waals surface area contributed by atoms with E-state index in [9.17, 15) is 9.59 Å². The van der Waals surface area contributed by atoms with Crippen molar-refractivity contribution in [2.75, 3.05) is 5.32 Å². The summed E-state index contributed by atoms with van der Waals surface area (Å²) in [5.41, 5.74) is 1.00. The SMILES string of the molecule is CC(Cc1cncc2ccccc12)C(=O)NC1(C(=O)Nc2ccccc2)CC1. The fraction of sp³-hybridized carbons (Fsp3) is 0.261. The molecule has 1 fully saturated rings. The van der Waals surface area contributed by atoms with Crippen LogP contribution in [0.3, 0.4) is 0 Å². The molecule has 0 aliphatic heterocycles. The first-order chi connectivity index (χ1) is 13.6. The van der Waals surface area contributed by atoms with Gasteiger partial charge in [0.25, 0.3) is 0 Å². The first kappa shape index (κ1) is 18.2. The van der Waals surface area contributed by atoms with Crippen LogP contribution in [-0.2, 0) is 16.0 Å². The fourth-order valence-corrected chi connectivity index (χ4v) is 3.43. The normalized spacial score (nSPS) is 15.6. The predicted octanol–water partition coefficient (Wildman–Crippen LogP) is 3.70. The molecule has 2 N–H and O–H groups in total. The van der Waals surface area contributed by atoms with Crippen molar-refractivity contribution in [3.05, 3.63) is 72.6 Å². The molecule has 1 unspecified atom stereocenters. The number of pyridine rings is 1. The Bertz CT molecular complexity index is 1010. The van der Waals surface area contributed by atoms with Gasteiger partial charge in [-0.15, -0.1) is 0 Å². The quantitative estimate of drug-likeness (QED) is 0.692. The molecule has 1 aromatic heterocycles. The highest BCUT2D eigenvalue weighted by Crippen LogP contribution is 2.37. The van der Waals surface area contributed by atoms with Crippen LogP contribution in [0.25, 0.3) is 10.8 Å². The summed E-state index contributed by atoms with van der Waals surface area (Å²) in [4.78, 5) is 29.7. The lowest BCUT2D eigenvalue weighted by Crippen LogP contribution is -2.48. The maximum absolute atomic E-state index is 12.8. The third-order valence-corrected chi connectivity index (χ3v) is 5.30. The van der Waals surface area contributed by atoms with Crippen molar-refractivity contribution in [2.24, 2.45) is 5.92 Å². The van der Waals surface area contributed by atoms with Crippen LogP contribution < -0.4 is 10.6 Å². The van der Waals surface area contributed by atoms with E-state index in [4.69, 9.17) is 0 Å². The van der Waals surface area contributed by atoms with Crippen LogP contribution in [0.5, 0.6) is 0 Å². The molecule has 1 saturated carbocycles. The highest BCUT2D eigenvalue weighted by atomic mass is 16.2. The summed E-state index contributed by atoms with van der Waals surface area (Å²) in [7, 11) is 0.